The summed E-state index contributed by atoms with van der Waals surface area (Å²) in [6.07, 6.45) is 5.37. The van der Waals surface area contributed by atoms with E-state index in [0.29, 0.717) is 41.3 Å². The second-order valence-corrected chi connectivity index (χ2v) is 8.88. The van der Waals surface area contributed by atoms with Crippen molar-refractivity contribution >= 4 is 22.5 Å². The monoisotopic (exact) mass is 486 g/mol. The van der Waals surface area contributed by atoms with Crippen LogP contribution in [0.25, 0.3) is 22.2 Å². The Labute approximate surface area is 210 Å². The molecule has 1 heterocycles. The zero-order valence-electron chi connectivity index (χ0n) is 20.0. The molecular weight excluding hydrogens is 460 g/mol. The predicted octanol–water partition coefficient (Wildman–Crippen LogP) is 6.30. The topological polar surface area (TPSA) is 53.3 Å². The van der Waals surface area contributed by atoms with Crippen LogP contribution in [0, 0.1) is 12.3 Å². The van der Waals surface area contributed by atoms with Gasteiger partial charge in [0.2, 0.25) is 0 Å². The molecule has 4 rings (SSSR count). The summed E-state index contributed by atoms with van der Waals surface area (Å²) >= 11 is 6.38. The van der Waals surface area contributed by atoms with Crippen molar-refractivity contribution in [3.63, 3.8) is 0 Å². The van der Waals surface area contributed by atoms with Gasteiger partial charge in [-0.05, 0) is 54.3 Å². The molecule has 6 heteroatoms. The van der Waals surface area contributed by atoms with E-state index in [1.807, 2.05) is 55.5 Å². The summed E-state index contributed by atoms with van der Waals surface area (Å²) in [5.74, 6) is 4.12. The maximum absolute atomic E-state index is 13.3. The number of nitrogens with zero attached hydrogens (tertiary/aromatic N) is 2. The Balaban J connectivity index is 1.84. The average molecular weight is 487 g/mol. The Hall–Kier alpha value is -3.75. The third-order valence-corrected chi connectivity index (χ3v) is 6.06. The summed E-state index contributed by atoms with van der Waals surface area (Å²) in [4.78, 5) is 17.7. The molecule has 0 atom stereocenters. The zero-order valence-corrected chi connectivity index (χ0v) is 20.8. The molecule has 4 aromatic rings. The van der Waals surface area contributed by atoms with E-state index in [1.165, 1.54) is 5.56 Å². The fourth-order valence-electron chi connectivity index (χ4n) is 3.97. The van der Waals surface area contributed by atoms with Crippen molar-refractivity contribution in [1.29, 1.82) is 0 Å². The first-order chi connectivity index (χ1) is 16.9. The van der Waals surface area contributed by atoms with E-state index in [0.717, 1.165) is 22.0 Å². The van der Waals surface area contributed by atoms with E-state index < -0.39 is 0 Å². The van der Waals surface area contributed by atoms with Gasteiger partial charge in [-0.1, -0.05) is 61.7 Å². The van der Waals surface area contributed by atoms with Gasteiger partial charge in [0, 0.05) is 10.9 Å². The lowest BCUT2D eigenvalue weighted by molar-refractivity contribution is 0.340. The summed E-state index contributed by atoms with van der Waals surface area (Å²) < 4.78 is 12.8. The highest BCUT2D eigenvalue weighted by atomic mass is 35.5. The summed E-state index contributed by atoms with van der Waals surface area (Å²) in [6.45, 7) is 7.18. The van der Waals surface area contributed by atoms with E-state index in [2.05, 4.69) is 36.9 Å². The van der Waals surface area contributed by atoms with Crippen LogP contribution >= 0.6 is 11.6 Å². The number of hydrogen-bond donors (Lipinski definition) is 0. The SMILES string of the molecule is C#CCOc1ccc2c(c1)c(-c1ccc(C(C)C)cc1)nc(=O)n2Cc1ccc(OCC)c(Cl)c1. The normalized spacial score (nSPS) is 11.0. The Bertz CT molecular complexity index is 1450. The molecule has 0 saturated heterocycles. The molecule has 3 aromatic carbocycles. The molecule has 0 aliphatic carbocycles. The van der Waals surface area contributed by atoms with Crippen molar-refractivity contribution < 1.29 is 9.47 Å². The Morgan fingerprint density at radius 2 is 1.83 bits per heavy atom. The van der Waals surface area contributed by atoms with E-state index in [1.54, 1.807) is 4.57 Å². The van der Waals surface area contributed by atoms with Crippen molar-refractivity contribution in [2.75, 3.05) is 13.2 Å². The van der Waals surface area contributed by atoms with E-state index in [-0.39, 0.29) is 12.3 Å². The van der Waals surface area contributed by atoms with Gasteiger partial charge in [-0.3, -0.25) is 4.57 Å². The van der Waals surface area contributed by atoms with Crippen LogP contribution < -0.4 is 15.2 Å². The number of halogens is 1. The van der Waals surface area contributed by atoms with Gasteiger partial charge in [0.25, 0.3) is 0 Å². The third-order valence-electron chi connectivity index (χ3n) is 5.76. The minimum absolute atomic E-state index is 0.154. The lowest BCUT2D eigenvalue weighted by Crippen LogP contribution is -2.24. The second kappa shape index (κ2) is 10.7. The predicted molar refractivity (Wildman–Crippen MR) is 142 cm³/mol. The van der Waals surface area contributed by atoms with Gasteiger partial charge < -0.3 is 9.47 Å². The van der Waals surface area contributed by atoms with Crippen molar-refractivity contribution in [2.45, 2.75) is 33.2 Å². The summed E-state index contributed by atoms with van der Waals surface area (Å²) in [7, 11) is 0. The van der Waals surface area contributed by atoms with Crippen LogP contribution in [0.1, 0.15) is 37.8 Å². The summed E-state index contributed by atoms with van der Waals surface area (Å²) in [5, 5.41) is 1.30. The number of rotatable bonds is 8. The molecular formula is C29H27ClN2O3. The molecule has 5 nitrogen and oxygen atoms in total. The summed E-state index contributed by atoms with van der Waals surface area (Å²) in [6, 6.07) is 19.2. The third kappa shape index (κ3) is 5.34. The first-order valence-corrected chi connectivity index (χ1v) is 11.9. The lowest BCUT2D eigenvalue weighted by Gasteiger charge is -2.15. The molecule has 0 aliphatic heterocycles. The van der Waals surface area contributed by atoms with E-state index >= 15 is 0 Å². The second-order valence-electron chi connectivity index (χ2n) is 8.48. The molecule has 0 aliphatic rings. The minimum Gasteiger partial charge on any atom is -0.492 e. The van der Waals surface area contributed by atoms with Crippen molar-refractivity contribution in [3.05, 3.63) is 87.3 Å². The quantitative estimate of drug-likeness (QED) is 0.274. The molecule has 0 saturated carbocycles. The Morgan fingerprint density at radius 1 is 1.06 bits per heavy atom. The number of benzene rings is 3. The van der Waals surface area contributed by atoms with Crippen LogP contribution in [0.4, 0.5) is 0 Å². The molecule has 0 fully saturated rings. The first-order valence-electron chi connectivity index (χ1n) is 11.5. The fraction of sp³-hybridized carbons (Fsp3) is 0.241. The number of ether oxygens (including phenoxy) is 2. The van der Waals surface area contributed by atoms with Crippen molar-refractivity contribution in [1.82, 2.24) is 9.55 Å². The lowest BCUT2D eigenvalue weighted by atomic mass is 9.99. The minimum atomic E-state index is -0.345. The molecule has 1 aromatic heterocycles. The standard InChI is InChI=1S/C29H27ClN2O3/c1-5-15-35-23-12-13-26-24(17-23)28(22-10-8-21(9-11-22)19(3)4)31-29(33)32(26)18-20-7-14-27(34-6-2)25(30)16-20/h1,7-14,16-17,19H,6,15,18H2,2-4H3. The van der Waals surface area contributed by atoms with Gasteiger partial charge in [-0.15, -0.1) is 6.42 Å². The average Bonchev–Trinajstić information content (AvgIpc) is 2.86. The van der Waals surface area contributed by atoms with E-state index in [4.69, 9.17) is 27.5 Å². The van der Waals surface area contributed by atoms with Gasteiger partial charge in [0.1, 0.15) is 18.1 Å². The Morgan fingerprint density at radius 3 is 2.49 bits per heavy atom. The van der Waals surface area contributed by atoms with Gasteiger partial charge in [-0.25, -0.2) is 4.79 Å². The molecule has 0 spiro atoms. The van der Waals surface area contributed by atoms with Crippen molar-refractivity contribution in [2.24, 2.45) is 0 Å². The molecule has 35 heavy (non-hydrogen) atoms. The highest BCUT2D eigenvalue weighted by Crippen LogP contribution is 2.31. The molecule has 0 bridgehead atoms. The van der Waals surface area contributed by atoms with Crippen LogP contribution in [0.15, 0.2) is 65.5 Å². The van der Waals surface area contributed by atoms with Crippen LogP contribution in [-0.2, 0) is 6.54 Å². The van der Waals surface area contributed by atoms with Crippen LogP contribution in [0.3, 0.4) is 0 Å². The maximum Gasteiger partial charge on any atom is 0.348 e. The van der Waals surface area contributed by atoms with Gasteiger partial charge in [-0.2, -0.15) is 4.98 Å². The first kappa shape index (κ1) is 24.4. The number of hydrogen-bond acceptors (Lipinski definition) is 4. The fourth-order valence-corrected chi connectivity index (χ4v) is 4.23. The largest absolute Gasteiger partial charge is 0.492 e. The van der Waals surface area contributed by atoms with Crippen LogP contribution in [0.5, 0.6) is 11.5 Å². The molecule has 0 amide bonds. The highest BCUT2D eigenvalue weighted by molar-refractivity contribution is 6.32. The van der Waals surface area contributed by atoms with Crippen LogP contribution in [-0.4, -0.2) is 22.8 Å². The molecule has 0 radical (unpaired) electrons. The summed E-state index contributed by atoms with van der Waals surface area (Å²) in [5.41, 5.74) is 3.95. The Kier molecular flexibility index (Phi) is 7.43. The van der Waals surface area contributed by atoms with Crippen LogP contribution in [0.2, 0.25) is 5.02 Å². The molecule has 178 valence electrons. The van der Waals surface area contributed by atoms with Gasteiger partial charge in [0.05, 0.1) is 29.4 Å². The number of fused-ring (bicyclic) bond motifs is 1. The zero-order chi connectivity index (χ0) is 24.9. The van der Waals surface area contributed by atoms with E-state index in [9.17, 15) is 4.79 Å². The smallest absolute Gasteiger partial charge is 0.348 e. The van der Waals surface area contributed by atoms with Gasteiger partial charge >= 0.3 is 5.69 Å². The maximum atomic E-state index is 13.3. The van der Waals surface area contributed by atoms with Crippen molar-refractivity contribution in [3.8, 4) is 35.1 Å². The highest BCUT2D eigenvalue weighted by Gasteiger charge is 2.15. The molecule has 0 N–H and O–H groups in total. The number of terminal acetylenes is 1. The van der Waals surface area contributed by atoms with Gasteiger partial charge in [0.15, 0.2) is 0 Å². The molecule has 0 unspecified atom stereocenters. The number of aromatic nitrogens is 2.